The molecule has 4 heteroatoms. The summed E-state index contributed by atoms with van der Waals surface area (Å²) in [6.45, 7) is 0.534. The van der Waals surface area contributed by atoms with E-state index in [1.54, 1.807) is 0 Å². The summed E-state index contributed by atoms with van der Waals surface area (Å²) in [6.07, 6.45) is 8.57. The van der Waals surface area contributed by atoms with Crippen LogP contribution in [0.2, 0.25) is 0 Å². The lowest BCUT2D eigenvalue weighted by Gasteiger charge is -2.15. The molecule has 2 N–H and O–H groups in total. The predicted molar refractivity (Wildman–Crippen MR) is 59.5 cm³/mol. The van der Waals surface area contributed by atoms with E-state index in [9.17, 15) is 9.59 Å². The maximum Gasteiger partial charge on any atom is 0.307 e. The van der Waals surface area contributed by atoms with Crippen LogP contribution in [0.15, 0.2) is 0 Å². The summed E-state index contributed by atoms with van der Waals surface area (Å²) in [7, 11) is 0. The minimum atomic E-state index is -0.860. The molecule has 1 aliphatic carbocycles. The van der Waals surface area contributed by atoms with Crippen molar-refractivity contribution in [1.29, 1.82) is 0 Å². The van der Waals surface area contributed by atoms with Crippen LogP contribution in [-0.2, 0) is 9.59 Å². The zero-order valence-corrected chi connectivity index (χ0v) is 9.24. The topological polar surface area (TPSA) is 66.4 Å². The van der Waals surface area contributed by atoms with Gasteiger partial charge >= 0.3 is 5.97 Å². The van der Waals surface area contributed by atoms with Gasteiger partial charge in [0.05, 0.1) is 11.8 Å². The number of carbonyl (C=O) groups is 2. The van der Waals surface area contributed by atoms with Crippen molar-refractivity contribution in [3.8, 4) is 12.3 Å². The van der Waals surface area contributed by atoms with Crippen molar-refractivity contribution in [3.63, 3.8) is 0 Å². The van der Waals surface area contributed by atoms with Crippen LogP contribution in [0, 0.1) is 24.2 Å². The molecule has 1 fully saturated rings. The second-order valence-corrected chi connectivity index (χ2v) is 4.08. The molecule has 1 saturated carbocycles. The molecule has 0 aromatic rings. The lowest BCUT2D eigenvalue weighted by Crippen LogP contribution is -2.35. The maximum absolute atomic E-state index is 11.7. The number of carbonyl (C=O) groups excluding carboxylic acids is 1. The third-order valence-corrected chi connectivity index (χ3v) is 2.97. The summed E-state index contributed by atoms with van der Waals surface area (Å²) < 4.78 is 0. The quantitative estimate of drug-likeness (QED) is 0.540. The summed E-state index contributed by atoms with van der Waals surface area (Å²) in [5, 5.41) is 11.7. The molecule has 1 aliphatic rings. The Kier molecular flexibility index (Phi) is 4.84. The standard InChI is InChI=1S/C12H17NO3/c1-2-3-4-8-13-11(14)9-6-5-7-10(9)12(15)16/h1,9-10H,3-8H2,(H,13,14)(H,15,16)/t9-,10+/m1/s1. The molecule has 1 amide bonds. The van der Waals surface area contributed by atoms with Crippen LogP contribution in [0.5, 0.6) is 0 Å². The van der Waals surface area contributed by atoms with Gasteiger partial charge < -0.3 is 10.4 Å². The third kappa shape index (κ3) is 3.27. The van der Waals surface area contributed by atoms with E-state index in [0.29, 0.717) is 25.8 Å². The Morgan fingerprint density at radius 1 is 1.38 bits per heavy atom. The number of unbranched alkanes of at least 4 members (excludes halogenated alkanes) is 1. The SMILES string of the molecule is C#CCCCNC(=O)[C@@H]1CCC[C@@H]1C(=O)O. The van der Waals surface area contributed by atoms with Crippen LogP contribution in [0.1, 0.15) is 32.1 Å². The molecule has 0 spiro atoms. The first kappa shape index (κ1) is 12.6. The van der Waals surface area contributed by atoms with Crippen LogP contribution in [0.4, 0.5) is 0 Å². The number of hydrogen-bond donors (Lipinski definition) is 2. The molecule has 88 valence electrons. The first-order chi connectivity index (χ1) is 7.66. The van der Waals surface area contributed by atoms with Gasteiger partial charge in [-0.3, -0.25) is 9.59 Å². The van der Waals surface area contributed by atoms with Crippen LogP contribution in [0.25, 0.3) is 0 Å². The molecule has 2 atom stereocenters. The lowest BCUT2D eigenvalue weighted by atomic mass is 9.95. The number of terminal acetylenes is 1. The molecule has 0 saturated heterocycles. The molecule has 4 nitrogen and oxygen atoms in total. The van der Waals surface area contributed by atoms with Gasteiger partial charge in [-0.1, -0.05) is 6.42 Å². The molecule has 16 heavy (non-hydrogen) atoms. The fraction of sp³-hybridized carbons (Fsp3) is 0.667. The summed E-state index contributed by atoms with van der Waals surface area (Å²) in [4.78, 5) is 22.6. The number of nitrogens with one attached hydrogen (secondary N) is 1. The van der Waals surface area contributed by atoms with Gasteiger partial charge in [0, 0.05) is 13.0 Å². The molecule has 0 radical (unpaired) electrons. The van der Waals surface area contributed by atoms with Crippen molar-refractivity contribution in [1.82, 2.24) is 5.32 Å². The number of hydrogen-bond acceptors (Lipinski definition) is 2. The van der Waals surface area contributed by atoms with Gasteiger partial charge in [-0.05, 0) is 19.3 Å². The highest BCUT2D eigenvalue weighted by Gasteiger charge is 2.37. The average Bonchev–Trinajstić information content (AvgIpc) is 2.73. The van der Waals surface area contributed by atoms with Gasteiger partial charge in [-0.2, -0.15) is 0 Å². The molecular formula is C12H17NO3. The zero-order valence-electron chi connectivity index (χ0n) is 9.24. The zero-order chi connectivity index (χ0) is 12.0. The van der Waals surface area contributed by atoms with Gasteiger partial charge in [0.25, 0.3) is 0 Å². The molecule has 1 rings (SSSR count). The molecule has 0 unspecified atom stereocenters. The monoisotopic (exact) mass is 223 g/mol. The van der Waals surface area contributed by atoms with E-state index in [0.717, 1.165) is 12.8 Å². The van der Waals surface area contributed by atoms with E-state index in [2.05, 4.69) is 11.2 Å². The Labute approximate surface area is 95.4 Å². The number of amides is 1. The van der Waals surface area contributed by atoms with Gasteiger partial charge in [0.1, 0.15) is 0 Å². The molecular weight excluding hydrogens is 206 g/mol. The molecule has 0 aromatic carbocycles. The number of rotatable bonds is 5. The number of carboxylic acids is 1. The Hall–Kier alpha value is -1.50. The highest BCUT2D eigenvalue weighted by molar-refractivity contribution is 5.85. The Morgan fingerprint density at radius 2 is 2.06 bits per heavy atom. The second kappa shape index (κ2) is 6.16. The Balaban J connectivity index is 2.36. The summed E-state index contributed by atoms with van der Waals surface area (Å²) >= 11 is 0. The van der Waals surface area contributed by atoms with Crippen LogP contribution in [0.3, 0.4) is 0 Å². The van der Waals surface area contributed by atoms with E-state index in [1.165, 1.54) is 0 Å². The average molecular weight is 223 g/mol. The van der Waals surface area contributed by atoms with E-state index >= 15 is 0 Å². The summed E-state index contributed by atoms with van der Waals surface area (Å²) in [5.74, 6) is 0.631. The smallest absolute Gasteiger partial charge is 0.307 e. The highest BCUT2D eigenvalue weighted by Crippen LogP contribution is 2.31. The summed E-state index contributed by atoms with van der Waals surface area (Å²) in [6, 6.07) is 0. The van der Waals surface area contributed by atoms with Crippen molar-refractivity contribution in [2.75, 3.05) is 6.54 Å². The van der Waals surface area contributed by atoms with Crippen molar-refractivity contribution < 1.29 is 14.7 Å². The maximum atomic E-state index is 11.7. The van der Waals surface area contributed by atoms with Crippen molar-refractivity contribution in [2.45, 2.75) is 32.1 Å². The lowest BCUT2D eigenvalue weighted by molar-refractivity contribution is -0.146. The third-order valence-electron chi connectivity index (χ3n) is 2.97. The van der Waals surface area contributed by atoms with Crippen LogP contribution < -0.4 is 5.32 Å². The van der Waals surface area contributed by atoms with Crippen LogP contribution in [-0.4, -0.2) is 23.5 Å². The van der Waals surface area contributed by atoms with Gasteiger partial charge in [-0.15, -0.1) is 12.3 Å². The van der Waals surface area contributed by atoms with Crippen molar-refractivity contribution in [3.05, 3.63) is 0 Å². The van der Waals surface area contributed by atoms with E-state index < -0.39 is 11.9 Å². The molecule has 0 aromatic heterocycles. The van der Waals surface area contributed by atoms with Crippen molar-refractivity contribution in [2.24, 2.45) is 11.8 Å². The van der Waals surface area contributed by atoms with E-state index in [1.807, 2.05) is 0 Å². The minimum absolute atomic E-state index is 0.137. The van der Waals surface area contributed by atoms with Gasteiger partial charge in [0.2, 0.25) is 5.91 Å². The van der Waals surface area contributed by atoms with Crippen molar-refractivity contribution >= 4 is 11.9 Å². The summed E-state index contributed by atoms with van der Waals surface area (Å²) in [5.41, 5.74) is 0. The first-order valence-corrected chi connectivity index (χ1v) is 5.60. The Morgan fingerprint density at radius 3 is 2.69 bits per heavy atom. The molecule has 0 heterocycles. The molecule has 0 aliphatic heterocycles. The minimum Gasteiger partial charge on any atom is -0.481 e. The van der Waals surface area contributed by atoms with Gasteiger partial charge in [-0.25, -0.2) is 0 Å². The first-order valence-electron chi connectivity index (χ1n) is 5.60. The highest BCUT2D eigenvalue weighted by atomic mass is 16.4. The Bertz CT molecular complexity index is 306. The van der Waals surface area contributed by atoms with E-state index in [4.69, 9.17) is 11.5 Å². The van der Waals surface area contributed by atoms with Crippen LogP contribution >= 0.6 is 0 Å². The normalized spacial score (nSPS) is 23.7. The second-order valence-electron chi connectivity index (χ2n) is 4.08. The predicted octanol–water partition coefficient (Wildman–Crippen LogP) is 1.02. The number of carboxylic acid groups (broad SMARTS) is 1. The fourth-order valence-corrected chi connectivity index (χ4v) is 2.10. The van der Waals surface area contributed by atoms with E-state index in [-0.39, 0.29) is 11.8 Å². The number of aliphatic carboxylic acids is 1. The molecule has 0 bridgehead atoms. The van der Waals surface area contributed by atoms with Gasteiger partial charge in [0.15, 0.2) is 0 Å². The largest absolute Gasteiger partial charge is 0.481 e. The fourth-order valence-electron chi connectivity index (χ4n) is 2.10.